The van der Waals surface area contributed by atoms with Crippen LogP contribution in [-0.4, -0.2) is 55.8 Å². The van der Waals surface area contributed by atoms with E-state index in [1.807, 2.05) is 0 Å². The lowest BCUT2D eigenvalue weighted by Gasteiger charge is -2.21. The normalized spacial score (nSPS) is 15.2. The summed E-state index contributed by atoms with van der Waals surface area (Å²) in [5, 5.41) is 0. The van der Waals surface area contributed by atoms with Gasteiger partial charge in [0.05, 0.1) is 0 Å². The Morgan fingerprint density at radius 3 is 1.71 bits per heavy atom. The van der Waals surface area contributed by atoms with Gasteiger partial charge in [-0.05, 0) is 58.4 Å². The monoisotopic (exact) mass is 456 g/mol. The number of fused-ring (bicyclic) bond motifs is 1. The van der Waals surface area contributed by atoms with Crippen molar-refractivity contribution in [3.8, 4) is 0 Å². The molecule has 2 aliphatic rings. The average molecular weight is 457 g/mol. The summed E-state index contributed by atoms with van der Waals surface area (Å²) < 4.78 is 4.78. The van der Waals surface area contributed by atoms with Gasteiger partial charge in [-0.1, -0.05) is 0 Å². The van der Waals surface area contributed by atoms with Crippen molar-refractivity contribution in [3.63, 3.8) is 0 Å². The van der Waals surface area contributed by atoms with Gasteiger partial charge < -0.3 is 9.80 Å². The Hall–Kier alpha value is -3.14. The lowest BCUT2D eigenvalue weighted by molar-refractivity contribution is -0.499. The number of benzene rings is 2. The zero-order valence-corrected chi connectivity index (χ0v) is 21.6. The first kappa shape index (κ1) is 24.0. The molecule has 178 valence electrons. The van der Waals surface area contributed by atoms with Gasteiger partial charge in [0, 0.05) is 92.0 Å². The molecule has 0 saturated heterocycles. The highest BCUT2D eigenvalue weighted by atomic mass is 15.1. The van der Waals surface area contributed by atoms with Crippen LogP contribution in [0.1, 0.15) is 40.5 Å². The third kappa shape index (κ3) is 4.86. The molecular weight excluding hydrogens is 416 g/mol. The second-order valence-corrected chi connectivity index (χ2v) is 9.05. The lowest BCUT2D eigenvalue weighted by atomic mass is 9.94. The second-order valence-electron chi connectivity index (χ2n) is 9.05. The molecule has 0 bridgehead atoms. The van der Waals surface area contributed by atoms with Crippen molar-refractivity contribution in [2.24, 2.45) is 0 Å². The number of nitrogens with zero attached hydrogens (tertiary/aromatic N) is 4. The summed E-state index contributed by atoms with van der Waals surface area (Å²) >= 11 is 0. The van der Waals surface area contributed by atoms with Gasteiger partial charge in [0.15, 0.2) is 0 Å². The predicted octanol–water partition coefficient (Wildman–Crippen LogP) is 6.03. The second kappa shape index (κ2) is 10.9. The fraction of sp³-hybridized carbons (Fsp3) is 0.400. The van der Waals surface area contributed by atoms with E-state index < -0.39 is 0 Å². The quantitative estimate of drug-likeness (QED) is 0.355. The molecule has 1 aliphatic heterocycles. The molecule has 0 aromatic heterocycles. The molecule has 2 aromatic rings. The van der Waals surface area contributed by atoms with Crippen molar-refractivity contribution < 1.29 is 4.58 Å². The van der Waals surface area contributed by atoms with Gasteiger partial charge in [0.1, 0.15) is 13.6 Å². The van der Waals surface area contributed by atoms with Crippen LogP contribution in [0.4, 0.5) is 22.7 Å². The van der Waals surface area contributed by atoms with Gasteiger partial charge in [-0.2, -0.15) is 4.58 Å². The number of hydrogen-bond acceptors (Lipinski definition) is 2. The Morgan fingerprint density at radius 2 is 1.24 bits per heavy atom. The highest BCUT2D eigenvalue weighted by molar-refractivity contribution is 6.20. The minimum atomic E-state index is 1.02. The maximum Gasteiger partial charge on any atom is 0.212 e. The predicted molar refractivity (Wildman–Crippen MR) is 149 cm³/mol. The van der Waals surface area contributed by atoms with Gasteiger partial charge in [-0.25, -0.2) is 4.58 Å². The molecule has 2 aromatic carbocycles. The molecule has 0 spiro atoms. The maximum absolute atomic E-state index is 2.40. The van der Waals surface area contributed by atoms with E-state index in [9.17, 15) is 0 Å². The molecule has 0 saturated carbocycles. The minimum absolute atomic E-state index is 1.02. The Morgan fingerprint density at radius 1 is 0.735 bits per heavy atom. The highest BCUT2D eigenvalue weighted by Crippen LogP contribution is 2.28. The zero-order valence-electron chi connectivity index (χ0n) is 21.6. The summed E-state index contributed by atoms with van der Waals surface area (Å²) in [5.74, 6) is 0. The van der Waals surface area contributed by atoms with Crippen molar-refractivity contribution in [1.29, 1.82) is 0 Å². The first-order valence-electron chi connectivity index (χ1n) is 12.9. The zero-order chi connectivity index (χ0) is 24.1. The molecule has 0 radical (unpaired) electrons. The molecule has 4 nitrogen and oxygen atoms in total. The van der Waals surface area contributed by atoms with Crippen molar-refractivity contribution in [1.82, 2.24) is 4.58 Å². The number of hydrogen-bond donors (Lipinski definition) is 0. The molecule has 0 amide bonds. The summed E-state index contributed by atoms with van der Waals surface area (Å²) in [4.78, 5) is 4.78. The fourth-order valence-corrected chi connectivity index (χ4v) is 5.16. The Kier molecular flexibility index (Phi) is 7.66. The van der Waals surface area contributed by atoms with E-state index in [4.69, 9.17) is 0 Å². The smallest absolute Gasteiger partial charge is 0.212 e. The van der Waals surface area contributed by atoms with Gasteiger partial charge in [0.2, 0.25) is 22.8 Å². The topological polar surface area (TPSA) is 12.5 Å². The summed E-state index contributed by atoms with van der Waals surface area (Å²) in [6, 6.07) is 18.1. The number of allylic oxidation sites excluding steroid dienone is 4. The van der Waals surface area contributed by atoms with Crippen molar-refractivity contribution in [3.05, 3.63) is 72.3 Å². The highest BCUT2D eigenvalue weighted by Gasteiger charge is 2.27. The molecular formula is C30H40N4+2. The molecule has 0 fully saturated rings. The van der Waals surface area contributed by atoms with Crippen molar-refractivity contribution >= 4 is 34.2 Å². The summed E-state index contributed by atoms with van der Waals surface area (Å²) in [5.41, 5.74) is 8.96. The van der Waals surface area contributed by atoms with E-state index in [2.05, 4.69) is 120 Å². The van der Waals surface area contributed by atoms with Crippen LogP contribution in [0.2, 0.25) is 0 Å². The van der Waals surface area contributed by atoms with Gasteiger partial charge in [-0.3, -0.25) is 0 Å². The molecule has 4 heteroatoms. The van der Waals surface area contributed by atoms with Crippen LogP contribution in [0.25, 0.3) is 0 Å². The molecule has 4 rings (SSSR count). The first-order chi connectivity index (χ1) is 16.6. The van der Waals surface area contributed by atoms with Crippen molar-refractivity contribution in [2.75, 3.05) is 49.6 Å². The lowest BCUT2D eigenvalue weighted by Crippen LogP contribution is -2.28. The summed E-state index contributed by atoms with van der Waals surface area (Å²) in [6.07, 6.45) is 9.32. The van der Waals surface area contributed by atoms with Crippen LogP contribution in [0.5, 0.6) is 0 Å². The molecule has 0 N–H and O–H groups in total. The van der Waals surface area contributed by atoms with Gasteiger partial charge in [0.25, 0.3) is 0 Å². The van der Waals surface area contributed by atoms with E-state index in [-0.39, 0.29) is 0 Å². The SMILES string of the molecule is CCN(CC)c1ccc([N+](=C2C=CC3=[N+](C)CCCC3=C2)c2ccc(N(CC)CC)cc2)cc1. The molecule has 1 heterocycles. The van der Waals surface area contributed by atoms with Crippen LogP contribution >= 0.6 is 0 Å². The third-order valence-corrected chi connectivity index (χ3v) is 7.15. The van der Waals surface area contributed by atoms with Crippen LogP contribution in [0.15, 0.2) is 72.3 Å². The fourth-order valence-electron chi connectivity index (χ4n) is 5.16. The average Bonchev–Trinajstić information content (AvgIpc) is 2.87. The molecule has 0 unspecified atom stereocenters. The maximum atomic E-state index is 2.40. The summed E-state index contributed by atoms with van der Waals surface area (Å²) in [6.45, 7) is 14.1. The standard InChI is InChI=1S/C30H40N4/c1-6-32(7-2)25-12-16-27(17-13-25)34(28-18-14-26(15-19-28)33(8-3)9-4)29-20-21-30-24(23-29)11-10-22-31(30)5/h12-21,23H,6-11,22H2,1-5H3/q+2. The van der Waals surface area contributed by atoms with E-state index in [0.29, 0.717) is 0 Å². The first-order valence-corrected chi connectivity index (χ1v) is 12.9. The summed E-state index contributed by atoms with van der Waals surface area (Å²) in [7, 11) is 2.20. The van der Waals surface area contributed by atoms with E-state index >= 15 is 0 Å². The van der Waals surface area contributed by atoms with Crippen molar-refractivity contribution in [2.45, 2.75) is 40.5 Å². The van der Waals surface area contributed by atoms with Crippen LogP contribution in [0.3, 0.4) is 0 Å². The number of anilines is 2. The van der Waals surface area contributed by atoms with E-state index in [0.717, 1.165) is 39.1 Å². The van der Waals surface area contributed by atoms with Crippen LogP contribution in [0, 0.1) is 0 Å². The van der Waals surface area contributed by atoms with Gasteiger partial charge in [-0.15, -0.1) is 0 Å². The molecule has 1 aliphatic carbocycles. The minimum Gasteiger partial charge on any atom is -0.372 e. The van der Waals surface area contributed by atoms with E-state index in [1.54, 1.807) is 0 Å². The van der Waals surface area contributed by atoms with Crippen LogP contribution < -0.4 is 14.4 Å². The van der Waals surface area contributed by atoms with Crippen LogP contribution in [-0.2, 0) is 0 Å². The Labute approximate surface area is 205 Å². The number of rotatable bonds is 8. The Bertz CT molecular complexity index is 1050. The molecule has 0 atom stereocenters. The largest absolute Gasteiger partial charge is 0.372 e. The Balaban J connectivity index is 1.81. The van der Waals surface area contributed by atoms with E-state index in [1.165, 1.54) is 46.2 Å². The molecule has 34 heavy (non-hydrogen) atoms. The third-order valence-electron chi connectivity index (χ3n) is 7.15. The van der Waals surface area contributed by atoms with Gasteiger partial charge >= 0.3 is 0 Å².